The van der Waals surface area contributed by atoms with Crippen molar-refractivity contribution in [1.29, 1.82) is 0 Å². The molecule has 1 aromatic rings. The van der Waals surface area contributed by atoms with Crippen LogP contribution in [0.1, 0.15) is 13.8 Å². The smallest absolute Gasteiger partial charge is 0.313 e. The summed E-state index contributed by atoms with van der Waals surface area (Å²) < 4.78 is 0. The second kappa shape index (κ2) is 8.21. The molecular weight excluding hydrogens is 288 g/mol. The number of nitrogens with one attached hydrogen (secondary N) is 2. The van der Waals surface area contributed by atoms with Crippen molar-refractivity contribution in [2.45, 2.75) is 13.8 Å². The highest BCUT2D eigenvalue weighted by molar-refractivity contribution is 7.80. The highest BCUT2D eigenvalue weighted by Crippen LogP contribution is 2.17. The van der Waals surface area contributed by atoms with E-state index in [2.05, 4.69) is 41.6 Å². The molecule has 4 N–H and O–H groups in total. The molecule has 0 heterocycles. The lowest BCUT2D eigenvalue weighted by Gasteiger charge is -2.21. The minimum atomic E-state index is -0.768. The van der Waals surface area contributed by atoms with E-state index in [1.54, 1.807) is 12.1 Å². The van der Waals surface area contributed by atoms with Crippen LogP contribution in [-0.2, 0) is 9.59 Å². The first-order valence-electron chi connectivity index (χ1n) is 6.70. The average molecular weight is 308 g/mol. The molecule has 6 nitrogen and oxygen atoms in total. The summed E-state index contributed by atoms with van der Waals surface area (Å²) in [5, 5.41) is 4.84. The van der Waals surface area contributed by atoms with Gasteiger partial charge >= 0.3 is 11.8 Å². The van der Waals surface area contributed by atoms with Gasteiger partial charge in [-0.3, -0.25) is 9.59 Å². The van der Waals surface area contributed by atoms with Gasteiger partial charge in [0.1, 0.15) is 0 Å². The first kappa shape index (κ1) is 16.9. The molecule has 0 bridgehead atoms. The number of carbonyl (C=O) groups excluding carboxylic acids is 2. The zero-order chi connectivity index (χ0) is 15.8. The first-order chi connectivity index (χ1) is 9.97. The number of hydrogen-bond acceptors (Lipinski definition) is 4. The molecule has 1 rings (SSSR count). The van der Waals surface area contributed by atoms with Gasteiger partial charge in [-0.05, 0) is 38.1 Å². The van der Waals surface area contributed by atoms with Crippen LogP contribution in [0.5, 0.6) is 0 Å². The van der Waals surface area contributed by atoms with E-state index >= 15 is 0 Å². The first-order valence-corrected chi connectivity index (χ1v) is 7.11. The molecule has 1 aromatic carbocycles. The summed E-state index contributed by atoms with van der Waals surface area (Å²) in [4.78, 5) is 25.4. The highest BCUT2D eigenvalue weighted by atomic mass is 32.1. The van der Waals surface area contributed by atoms with Gasteiger partial charge < -0.3 is 21.3 Å². The summed E-state index contributed by atoms with van der Waals surface area (Å²) in [5.74, 6) is -1.52. The van der Waals surface area contributed by atoms with Gasteiger partial charge in [0, 0.05) is 24.5 Å². The summed E-state index contributed by atoms with van der Waals surface area (Å²) in [6.07, 6.45) is 0. The Morgan fingerprint density at radius 2 is 1.71 bits per heavy atom. The zero-order valence-electron chi connectivity index (χ0n) is 12.2. The molecule has 0 atom stereocenters. The van der Waals surface area contributed by atoms with Gasteiger partial charge in [-0.1, -0.05) is 12.2 Å². The van der Waals surface area contributed by atoms with Crippen LogP contribution >= 0.6 is 12.2 Å². The Balaban J connectivity index is 2.61. The maximum Gasteiger partial charge on any atom is 0.313 e. The Morgan fingerprint density at radius 1 is 1.14 bits per heavy atom. The van der Waals surface area contributed by atoms with E-state index in [0.29, 0.717) is 5.69 Å². The minimum absolute atomic E-state index is 0.00246. The third kappa shape index (κ3) is 5.39. The molecular formula is C14H20N4O2S. The molecule has 0 spiro atoms. The molecule has 0 aliphatic carbocycles. The number of carbonyl (C=O) groups is 2. The number of hydrogen-bond donors (Lipinski definition) is 3. The number of amides is 2. The van der Waals surface area contributed by atoms with Gasteiger partial charge in [0.2, 0.25) is 0 Å². The maximum atomic E-state index is 11.6. The summed E-state index contributed by atoms with van der Waals surface area (Å²) in [6, 6.07) is 7.31. The Kier molecular flexibility index (Phi) is 6.61. The number of nitrogens with zero attached hydrogens (tertiary/aromatic N) is 1. The van der Waals surface area contributed by atoms with Crippen molar-refractivity contribution in [3.05, 3.63) is 24.3 Å². The zero-order valence-corrected chi connectivity index (χ0v) is 13.0. The summed E-state index contributed by atoms with van der Waals surface area (Å²) in [6.45, 7) is 5.96. The van der Waals surface area contributed by atoms with Crippen molar-refractivity contribution < 1.29 is 9.59 Å². The van der Waals surface area contributed by atoms with Gasteiger partial charge in [-0.25, -0.2) is 0 Å². The fraction of sp³-hybridized carbons (Fsp3) is 0.357. The monoisotopic (exact) mass is 308 g/mol. The van der Waals surface area contributed by atoms with Crippen molar-refractivity contribution in [1.82, 2.24) is 5.32 Å². The lowest BCUT2D eigenvalue weighted by atomic mass is 10.2. The third-order valence-electron chi connectivity index (χ3n) is 2.88. The lowest BCUT2D eigenvalue weighted by molar-refractivity contribution is -0.135. The van der Waals surface area contributed by atoms with Crippen LogP contribution < -0.4 is 21.3 Å². The largest absolute Gasteiger partial charge is 0.392 e. The molecule has 0 saturated carbocycles. The van der Waals surface area contributed by atoms with E-state index in [0.717, 1.165) is 18.8 Å². The Bertz CT molecular complexity index is 512. The molecule has 0 unspecified atom stereocenters. The number of rotatable bonds is 6. The second-order valence-electron chi connectivity index (χ2n) is 4.32. The Morgan fingerprint density at radius 3 is 2.19 bits per heavy atom. The fourth-order valence-electron chi connectivity index (χ4n) is 1.78. The molecule has 0 saturated heterocycles. The molecule has 0 aliphatic rings. The maximum absolute atomic E-state index is 11.6. The SMILES string of the molecule is CCN(CC)c1ccc(NC(=O)C(=O)NCC(N)=S)cc1. The molecule has 114 valence electrons. The van der Waals surface area contributed by atoms with Crippen LogP contribution in [0.25, 0.3) is 0 Å². The molecule has 0 fully saturated rings. The van der Waals surface area contributed by atoms with E-state index in [9.17, 15) is 9.59 Å². The number of anilines is 2. The van der Waals surface area contributed by atoms with Crippen molar-refractivity contribution in [3.63, 3.8) is 0 Å². The average Bonchev–Trinajstić information content (AvgIpc) is 2.47. The van der Waals surface area contributed by atoms with E-state index in [1.807, 2.05) is 12.1 Å². The number of nitrogens with two attached hydrogens (primary N) is 1. The van der Waals surface area contributed by atoms with Crippen LogP contribution in [0.3, 0.4) is 0 Å². The van der Waals surface area contributed by atoms with E-state index in [1.165, 1.54) is 0 Å². The van der Waals surface area contributed by atoms with Crippen LogP contribution in [0.2, 0.25) is 0 Å². The molecule has 7 heteroatoms. The molecule has 0 aliphatic heterocycles. The molecule has 0 aromatic heterocycles. The highest BCUT2D eigenvalue weighted by Gasteiger charge is 2.13. The van der Waals surface area contributed by atoms with E-state index in [-0.39, 0.29) is 11.5 Å². The van der Waals surface area contributed by atoms with Gasteiger partial charge in [0.15, 0.2) is 0 Å². The third-order valence-corrected chi connectivity index (χ3v) is 3.03. The van der Waals surface area contributed by atoms with Crippen molar-refractivity contribution >= 4 is 40.4 Å². The van der Waals surface area contributed by atoms with Gasteiger partial charge in [-0.15, -0.1) is 0 Å². The summed E-state index contributed by atoms with van der Waals surface area (Å²) >= 11 is 4.62. The van der Waals surface area contributed by atoms with E-state index in [4.69, 9.17) is 5.73 Å². The fourth-order valence-corrected chi connectivity index (χ4v) is 1.85. The minimum Gasteiger partial charge on any atom is -0.392 e. The van der Waals surface area contributed by atoms with Gasteiger partial charge in [0.05, 0.1) is 11.5 Å². The number of thiocarbonyl (C=S) groups is 1. The van der Waals surface area contributed by atoms with Crippen molar-refractivity contribution in [3.8, 4) is 0 Å². The van der Waals surface area contributed by atoms with E-state index < -0.39 is 11.8 Å². The second-order valence-corrected chi connectivity index (χ2v) is 4.85. The summed E-state index contributed by atoms with van der Waals surface area (Å²) in [7, 11) is 0. The predicted molar refractivity (Wildman–Crippen MR) is 88.4 cm³/mol. The standard InChI is InChI=1S/C14H20N4O2S/c1-3-18(4-2)11-7-5-10(6-8-11)17-14(20)13(19)16-9-12(15)21/h5-8H,3-4,9H2,1-2H3,(H2,15,21)(H,16,19)(H,17,20). The van der Waals surface area contributed by atoms with Crippen molar-refractivity contribution in [2.24, 2.45) is 5.73 Å². The van der Waals surface area contributed by atoms with Crippen LogP contribution in [0, 0.1) is 0 Å². The Hall–Kier alpha value is -2.15. The van der Waals surface area contributed by atoms with Gasteiger partial charge in [-0.2, -0.15) is 0 Å². The predicted octanol–water partition coefficient (Wildman–Crippen LogP) is 0.874. The number of benzene rings is 1. The van der Waals surface area contributed by atoms with Crippen LogP contribution in [0.4, 0.5) is 11.4 Å². The lowest BCUT2D eigenvalue weighted by Crippen LogP contribution is -2.39. The normalized spacial score (nSPS) is 9.81. The topological polar surface area (TPSA) is 87.5 Å². The Labute approximate surface area is 129 Å². The van der Waals surface area contributed by atoms with Crippen molar-refractivity contribution in [2.75, 3.05) is 29.9 Å². The summed E-state index contributed by atoms with van der Waals surface area (Å²) in [5.41, 5.74) is 6.87. The quantitative estimate of drug-likeness (QED) is 0.536. The molecule has 0 radical (unpaired) electrons. The van der Waals surface area contributed by atoms with Crippen LogP contribution in [0.15, 0.2) is 24.3 Å². The molecule has 21 heavy (non-hydrogen) atoms. The van der Waals surface area contributed by atoms with Gasteiger partial charge in [0.25, 0.3) is 0 Å². The van der Waals surface area contributed by atoms with Crippen LogP contribution in [-0.4, -0.2) is 36.4 Å². The molecule has 2 amide bonds.